The lowest BCUT2D eigenvalue weighted by Crippen LogP contribution is -2.21. The number of ether oxygens (including phenoxy) is 1. The van der Waals surface area contributed by atoms with Crippen LogP contribution < -0.4 is 10.1 Å². The van der Waals surface area contributed by atoms with E-state index in [-0.39, 0.29) is 6.04 Å². The van der Waals surface area contributed by atoms with Gasteiger partial charge < -0.3 is 10.1 Å². The van der Waals surface area contributed by atoms with Crippen molar-refractivity contribution in [3.8, 4) is 5.75 Å². The van der Waals surface area contributed by atoms with Crippen LogP contribution in [-0.2, 0) is 0 Å². The average Bonchev–Trinajstić information content (AvgIpc) is 2.82. The lowest BCUT2D eigenvalue weighted by molar-refractivity contribution is 0.414. The van der Waals surface area contributed by atoms with Crippen LogP contribution in [0.15, 0.2) is 39.5 Å². The van der Waals surface area contributed by atoms with Gasteiger partial charge in [0, 0.05) is 0 Å². The minimum absolute atomic E-state index is 0.239. The van der Waals surface area contributed by atoms with Crippen LogP contribution in [0.25, 0.3) is 0 Å². The van der Waals surface area contributed by atoms with Crippen LogP contribution in [0.5, 0.6) is 5.75 Å². The molecule has 2 nitrogen and oxygen atoms in total. The van der Waals surface area contributed by atoms with Crippen molar-refractivity contribution < 1.29 is 4.74 Å². The highest BCUT2D eigenvalue weighted by Crippen LogP contribution is 2.30. The molecule has 0 saturated heterocycles. The smallest absolute Gasteiger partial charge is 0.118 e. The van der Waals surface area contributed by atoms with Gasteiger partial charge in [0.1, 0.15) is 5.75 Å². The molecule has 0 amide bonds. The SMILES string of the molecule is CCNC(c1ccc(OC)cc1)c1csc(Br)c1. The van der Waals surface area contributed by atoms with Crippen molar-refractivity contribution in [1.82, 2.24) is 5.32 Å². The third-order valence-electron chi connectivity index (χ3n) is 2.78. The predicted molar refractivity (Wildman–Crippen MR) is 80.5 cm³/mol. The minimum Gasteiger partial charge on any atom is -0.497 e. The van der Waals surface area contributed by atoms with Crippen molar-refractivity contribution in [3.05, 3.63) is 50.6 Å². The first-order valence-electron chi connectivity index (χ1n) is 5.86. The molecule has 4 heteroatoms. The van der Waals surface area contributed by atoms with E-state index < -0.39 is 0 Å². The lowest BCUT2D eigenvalue weighted by atomic mass is 10.0. The molecule has 1 heterocycles. The summed E-state index contributed by atoms with van der Waals surface area (Å²) in [5.41, 5.74) is 2.54. The second kappa shape index (κ2) is 6.36. The van der Waals surface area contributed by atoms with Crippen LogP contribution in [0.4, 0.5) is 0 Å². The molecule has 1 unspecified atom stereocenters. The highest BCUT2D eigenvalue weighted by Gasteiger charge is 2.14. The first-order valence-corrected chi connectivity index (χ1v) is 7.53. The fourth-order valence-corrected chi connectivity index (χ4v) is 3.11. The maximum absolute atomic E-state index is 5.19. The molecule has 0 aliphatic heterocycles. The number of halogens is 1. The fraction of sp³-hybridized carbons (Fsp3) is 0.286. The molecule has 1 aromatic heterocycles. The quantitative estimate of drug-likeness (QED) is 0.888. The van der Waals surface area contributed by atoms with Gasteiger partial charge in [-0.25, -0.2) is 0 Å². The number of hydrogen-bond acceptors (Lipinski definition) is 3. The molecule has 18 heavy (non-hydrogen) atoms. The Morgan fingerprint density at radius 1 is 1.28 bits per heavy atom. The van der Waals surface area contributed by atoms with Crippen molar-refractivity contribution in [1.29, 1.82) is 0 Å². The molecule has 0 bridgehead atoms. The van der Waals surface area contributed by atoms with E-state index in [9.17, 15) is 0 Å². The summed E-state index contributed by atoms with van der Waals surface area (Å²) in [5, 5.41) is 5.69. The number of nitrogens with one attached hydrogen (secondary N) is 1. The molecule has 0 radical (unpaired) electrons. The van der Waals surface area contributed by atoms with E-state index in [1.807, 2.05) is 12.1 Å². The van der Waals surface area contributed by atoms with E-state index >= 15 is 0 Å². The summed E-state index contributed by atoms with van der Waals surface area (Å²) in [6, 6.07) is 10.6. The summed E-state index contributed by atoms with van der Waals surface area (Å²) >= 11 is 5.23. The zero-order valence-corrected chi connectivity index (χ0v) is 12.8. The first kappa shape index (κ1) is 13.6. The van der Waals surface area contributed by atoms with Gasteiger partial charge in [-0.1, -0.05) is 19.1 Å². The number of methoxy groups -OCH3 is 1. The zero-order valence-electron chi connectivity index (χ0n) is 10.4. The molecule has 1 N–H and O–H groups in total. The molecule has 0 aliphatic carbocycles. The summed E-state index contributed by atoms with van der Waals surface area (Å²) < 4.78 is 6.35. The predicted octanol–water partition coefficient (Wildman–Crippen LogP) is 4.22. The molecule has 1 atom stereocenters. The summed E-state index contributed by atoms with van der Waals surface area (Å²) in [7, 11) is 1.69. The van der Waals surface area contributed by atoms with Gasteiger partial charge >= 0.3 is 0 Å². The normalized spacial score (nSPS) is 12.4. The molecule has 0 fully saturated rings. The Morgan fingerprint density at radius 3 is 2.50 bits per heavy atom. The van der Waals surface area contributed by atoms with Gasteiger partial charge in [-0.2, -0.15) is 0 Å². The van der Waals surface area contributed by atoms with Gasteiger partial charge in [0.2, 0.25) is 0 Å². The van der Waals surface area contributed by atoms with Gasteiger partial charge in [-0.3, -0.25) is 0 Å². The van der Waals surface area contributed by atoms with Crippen molar-refractivity contribution in [2.75, 3.05) is 13.7 Å². The van der Waals surface area contributed by atoms with E-state index in [1.165, 1.54) is 11.1 Å². The Kier molecular flexibility index (Phi) is 4.80. The maximum Gasteiger partial charge on any atom is 0.118 e. The Morgan fingerprint density at radius 2 is 2.00 bits per heavy atom. The average molecular weight is 326 g/mol. The van der Waals surface area contributed by atoms with Crippen LogP contribution in [-0.4, -0.2) is 13.7 Å². The number of thiophene rings is 1. The molecule has 0 aliphatic rings. The van der Waals surface area contributed by atoms with Crippen LogP contribution in [0, 0.1) is 0 Å². The van der Waals surface area contributed by atoms with Crippen LogP contribution in [0.1, 0.15) is 24.1 Å². The largest absolute Gasteiger partial charge is 0.497 e. The fourth-order valence-electron chi connectivity index (χ4n) is 1.90. The van der Waals surface area contributed by atoms with E-state index in [4.69, 9.17) is 4.74 Å². The molecule has 0 saturated carbocycles. The first-order chi connectivity index (χ1) is 8.74. The standard InChI is InChI=1S/C14H16BrNOS/c1-3-16-14(11-8-13(15)18-9-11)10-4-6-12(17-2)7-5-10/h4-9,14,16H,3H2,1-2H3. The Bertz CT molecular complexity index is 495. The zero-order chi connectivity index (χ0) is 13.0. The Hall–Kier alpha value is -0.840. The summed E-state index contributed by atoms with van der Waals surface area (Å²) in [6.07, 6.45) is 0. The van der Waals surface area contributed by atoms with Crippen LogP contribution in [0.2, 0.25) is 0 Å². The van der Waals surface area contributed by atoms with E-state index in [1.54, 1.807) is 18.4 Å². The molecule has 96 valence electrons. The van der Waals surface area contributed by atoms with E-state index in [2.05, 4.69) is 51.7 Å². The monoisotopic (exact) mass is 325 g/mol. The molecule has 2 aromatic rings. The number of rotatable bonds is 5. The second-order valence-corrected chi connectivity index (χ2v) is 6.24. The van der Waals surface area contributed by atoms with E-state index in [0.717, 1.165) is 16.1 Å². The van der Waals surface area contributed by atoms with Gasteiger partial charge in [0.25, 0.3) is 0 Å². The molecular formula is C14H16BrNOS. The second-order valence-electron chi connectivity index (χ2n) is 3.95. The topological polar surface area (TPSA) is 21.3 Å². The van der Waals surface area contributed by atoms with Gasteiger partial charge in [0.05, 0.1) is 16.9 Å². The summed E-state index contributed by atoms with van der Waals surface area (Å²) in [4.78, 5) is 0. The third kappa shape index (κ3) is 3.13. The molecule has 1 aromatic carbocycles. The summed E-state index contributed by atoms with van der Waals surface area (Å²) in [6.45, 7) is 3.06. The van der Waals surface area contributed by atoms with Crippen molar-refractivity contribution in [2.24, 2.45) is 0 Å². The molecule has 2 rings (SSSR count). The highest BCUT2D eigenvalue weighted by atomic mass is 79.9. The van der Waals surface area contributed by atoms with Gasteiger partial charge in [-0.05, 0) is 57.2 Å². The van der Waals surface area contributed by atoms with Gasteiger partial charge in [0.15, 0.2) is 0 Å². The van der Waals surface area contributed by atoms with Gasteiger partial charge in [-0.15, -0.1) is 11.3 Å². The minimum atomic E-state index is 0.239. The highest BCUT2D eigenvalue weighted by molar-refractivity contribution is 9.11. The van der Waals surface area contributed by atoms with Crippen molar-refractivity contribution in [2.45, 2.75) is 13.0 Å². The summed E-state index contributed by atoms with van der Waals surface area (Å²) in [5.74, 6) is 0.889. The van der Waals surface area contributed by atoms with Crippen LogP contribution >= 0.6 is 27.3 Å². The molecule has 0 spiro atoms. The van der Waals surface area contributed by atoms with Crippen LogP contribution in [0.3, 0.4) is 0 Å². The number of hydrogen-bond donors (Lipinski definition) is 1. The maximum atomic E-state index is 5.19. The van der Waals surface area contributed by atoms with Crippen molar-refractivity contribution >= 4 is 27.3 Å². The van der Waals surface area contributed by atoms with Crippen molar-refractivity contribution in [3.63, 3.8) is 0 Å². The Balaban J connectivity index is 2.28. The van der Waals surface area contributed by atoms with E-state index in [0.29, 0.717) is 0 Å². The molecular weight excluding hydrogens is 310 g/mol. The number of benzene rings is 1. The lowest BCUT2D eigenvalue weighted by Gasteiger charge is -2.17. The Labute approximate surface area is 120 Å². The third-order valence-corrected chi connectivity index (χ3v) is 4.30.